The Balaban J connectivity index is 0.00000161. The van der Waals surface area contributed by atoms with Crippen molar-refractivity contribution in [1.82, 2.24) is 5.32 Å². The van der Waals surface area contributed by atoms with Crippen molar-refractivity contribution < 1.29 is 4.79 Å². The van der Waals surface area contributed by atoms with E-state index in [0.29, 0.717) is 5.92 Å². The smallest absolute Gasteiger partial charge is 0.230 e. The Hall–Kier alpha value is -0.770. The lowest BCUT2D eigenvalue weighted by Crippen LogP contribution is -2.50. The third-order valence-electron chi connectivity index (χ3n) is 4.69. The highest BCUT2D eigenvalue weighted by Crippen LogP contribution is 2.45. The van der Waals surface area contributed by atoms with Crippen molar-refractivity contribution in [1.29, 1.82) is 0 Å². The summed E-state index contributed by atoms with van der Waals surface area (Å²) in [6, 6.07) is 5.85. The maximum Gasteiger partial charge on any atom is 0.230 e. The third kappa shape index (κ3) is 2.67. The molecule has 1 amide bonds. The molecule has 5 heteroatoms. The number of carbonyl (C=O) groups is 1. The van der Waals surface area contributed by atoms with Crippen LogP contribution in [0, 0.1) is 11.8 Å². The van der Waals surface area contributed by atoms with Crippen LogP contribution in [-0.4, -0.2) is 25.5 Å². The molecule has 116 valence electrons. The summed E-state index contributed by atoms with van der Waals surface area (Å²) in [5, 5.41) is 4.00. The molecule has 1 unspecified atom stereocenters. The van der Waals surface area contributed by atoms with Gasteiger partial charge in [-0.2, -0.15) is 0 Å². The number of benzene rings is 1. The lowest BCUT2D eigenvalue weighted by atomic mass is 9.86. The van der Waals surface area contributed by atoms with Gasteiger partial charge in [0.1, 0.15) is 0 Å². The average Bonchev–Trinajstić information content (AvgIpc) is 2.59. The predicted octanol–water partition coefficient (Wildman–Crippen LogP) is 3.24. The lowest BCUT2D eigenvalue weighted by Gasteiger charge is -2.34. The normalized spacial score (nSPS) is 21.2. The van der Waals surface area contributed by atoms with Crippen LogP contribution < -0.4 is 10.2 Å². The van der Waals surface area contributed by atoms with Gasteiger partial charge in [-0.15, -0.1) is 12.4 Å². The Bertz CT molecular complexity index is 555. The van der Waals surface area contributed by atoms with Crippen LogP contribution in [0.25, 0.3) is 0 Å². The standard InChI is InChI=1S/C16H21ClN2O.ClH/c1-10(11-7-18-8-11)15(20)19-9-16(2,3)14-12(17)5-4-6-13(14)19;/h4-6,10-11,18H,7-9H2,1-3H3;1H. The van der Waals surface area contributed by atoms with Crippen molar-refractivity contribution in [2.45, 2.75) is 26.2 Å². The topological polar surface area (TPSA) is 32.3 Å². The van der Waals surface area contributed by atoms with E-state index in [-0.39, 0.29) is 29.6 Å². The minimum Gasteiger partial charge on any atom is -0.316 e. The minimum atomic E-state index is -0.0824. The Labute approximate surface area is 137 Å². The quantitative estimate of drug-likeness (QED) is 0.903. The van der Waals surface area contributed by atoms with Gasteiger partial charge in [-0.25, -0.2) is 0 Å². The molecule has 0 spiro atoms. The molecule has 0 aromatic heterocycles. The first-order valence-corrected chi connectivity index (χ1v) is 7.61. The molecule has 0 radical (unpaired) electrons. The van der Waals surface area contributed by atoms with E-state index in [2.05, 4.69) is 19.2 Å². The summed E-state index contributed by atoms with van der Waals surface area (Å²) < 4.78 is 0. The van der Waals surface area contributed by atoms with Gasteiger partial charge in [-0.1, -0.05) is 38.4 Å². The van der Waals surface area contributed by atoms with Crippen LogP contribution in [0.15, 0.2) is 18.2 Å². The van der Waals surface area contributed by atoms with E-state index >= 15 is 0 Å². The zero-order chi connectivity index (χ0) is 14.5. The van der Waals surface area contributed by atoms with E-state index in [4.69, 9.17) is 11.6 Å². The highest BCUT2D eigenvalue weighted by atomic mass is 35.5. The zero-order valence-corrected chi connectivity index (χ0v) is 14.2. The number of carbonyl (C=O) groups excluding carboxylic acids is 1. The van der Waals surface area contributed by atoms with Gasteiger partial charge in [0.05, 0.1) is 0 Å². The van der Waals surface area contributed by atoms with Gasteiger partial charge in [0, 0.05) is 34.2 Å². The molecule has 1 N–H and O–H groups in total. The fraction of sp³-hybridized carbons (Fsp3) is 0.562. The van der Waals surface area contributed by atoms with Crippen LogP contribution in [0.1, 0.15) is 26.3 Å². The van der Waals surface area contributed by atoms with Crippen molar-refractivity contribution >= 4 is 35.6 Å². The molecule has 1 aromatic carbocycles. The molecule has 3 rings (SSSR count). The summed E-state index contributed by atoms with van der Waals surface area (Å²) in [7, 11) is 0. The van der Waals surface area contributed by atoms with E-state index in [1.54, 1.807) is 0 Å². The molecule has 1 saturated heterocycles. The molecular weight excluding hydrogens is 307 g/mol. The first-order chi connectivity index (χ1) is 9.42. The van der Waals surface area contributed by atoms with E-state index in [1.807, 2.05) is 30.0 Å². The van der Waals surface area contributed by atoms with Crippen molar-refractivity contribution in [3.05, 3.63) is 28.8 Å². The van der Waals surface area contributed by atoms with Gasteiger partial charge < -0.3 is 10.2 Å². The Morgan fingerprint density at radius 3 is 2.67 bits per heavy atom. The number of hydrogen-bond donors (Lipinski definition) is 1. The highest BCUT2D eigenvalue weighted by molar-refractivity contribution is 6.32. The number of rotatable bonds is 2. The Morgan fingerprint density at radius 1 is 1.43 bits per heavy atom. The SMILES string of the molecule is CC(C(=O)N1CC(C)(C)c2c(Cl)cccc21)C1CNC1.Cl. The van der Waals surface area contributed by atoms with E-state index in [0.717, 1.165) is 35.9 Å². The molecule has 0 bridgehead atoms. The van der Waals surface area contributed by atoms with Gasteiger partial charge >= 0.3 is 0 Å². The average molecular weight is 329 g/mol. The monoisotopic (exact) mass is 328 g/mol. The van der Waals surface area contributed by atoms with Crippen molar-refractivity contribution in [2.75, 3.05) is 24.5 Å². The van der Waals surface area contributed by atoms with Crippen molar-refractivity contribution in [3.63, 3.8) is 0 Å². The van der Waals surface area contributed by atoms with Gasteiger partial charge in [-0.3, -0.25) is 4.79 Å². The van der Waals surface area contributed by atoms with E-state index in [1.165, 1.54) is 0 Å². The zero-order valence-electron chi connectivity index (χ0n) is 12.6. The van der Waals surface area contributed by atoms with Crippen LogP contribution in [0.5, 0.6) is 0 Å². The molecule has 2 aliphatic rings. The van der Waals surface area contributed by atoms with Crippen molar-refractivity contribution in [3.8, 4) is 0 Å². The van der Waals surface area contributed by atoms with Gasteiger partial charge in [0.15, 0.2) is 0 Å². The molecule has 2 heterocycles. The number of nitrogens with one attached hydrogen (secondary N) is 1. The molecular formula is C16H22Cl2N2O. The summed E-state index contributed by atoms with van der Waals surface area (Å²) in [6.07, 6.45) is 0. The number of halogens is 2. The molecule has 1 fully saturated rings. The van der Waals surface area contributed by atoms with Crippen LogP contribution in [0.3, 0.4) is 0 Å². The van der Waals surface area contributed by atoms with Crippen LogP contribution in [-0.2, 0) is 10.2 Å². The lowest BCUT2D eigenvalue weighted by molar-refractivity contribution is -0.124. The van der Waals surface area contributed by atoms with Crippen LogP contribution >= 0.6 is 24.0 Å². The molecule has 0 saturated carbocycles. The molecule has 1 atom stereocenters. The van der Waals surface area contributed by atoms with E-state index < -0.39 is 0 Å². The molecule has 0 aliphatic carbocycles. The number of anilines is 1. The predicted molar refractivity (Wildman–Crippen MR) is 89.6 cm³/mol. The fourth-order valence-corrected chi connectivity index (χ4v) is 3.70. The van der Waals surface area contributed by atoms with Crippen LogP contribution in [0.2, 0.25) is 5.02 Å². The number of nitrogens with zero attached hydrogens (tertiary/aromatic N) is 1. The molecule has 1 aromatic rings. The summed E-state index contributed by atoms with van der Waals surface area (Å²) in [5.74, 6) is 0.761. The second-order valence-corrected chi connectivity index (χ2v) is 7.06. The van der Waals surface area contributed by atoms with E-state index in [9.17, 15) is 4.79 Å². The maximum atomic E-state index is 12.8. The van der Waals surface area contributed by atoms with Crippen molar-refractivity contribution in [2.24, 2.45) is 11.8 Å². The minimum absolute atomic E-state index is 0. The molecule has 21 heavy (non-hydrogen) atoms. The maximum absolute atomic E-state index is 12.8. The highest BCUT2D eigenvalue weighted by Gasteiger charge is 2.42. The molecule has 2 aliphatic heterocycles. The second-order valence-electron chi connectivity index (χ2n) is 6.65. The van der Waals surface area contributed by atoms with Gasteiger partial charge in [0.2, 0.25) is 5.91 Å². The summed E-state index contributed by atoms with van der Waals surface area (Å²) in [4.78, 5) is 14.7. The summed E-state index contributed by atoms with van der Waals surface area (Å²) in [5.41, 5.74) is 2.02. The number of fused-ring (bicyclic) bond motifs is 1. The second kappa shape index (κ2) is 5.79. The summed E-state index contributed by atoms with van der Waals surface area (Å²) >= 11 is 6.36. The summed E-state index contributed by atoms with van der Waals surface area (Å²) in [6.45, 7) is 8.97. The number of hydrogen-bond acceptors (Lipinski definition) is 2. The Kier molecular flexibility index (Phi) is 4.57. The largest absolute Gasteiger partial charge is 0.316 e. The van der Waals surface area contributed by atoms with Crippen LogP contribution in [0.4, 0.5) is 5.69 Å². The van der Waals surface area contributed by atoms with Gasteiger partial charge in [0.25, 0.3) is 0 Å². The Morgan fingerprint density at radius 2 is 2.10 bits per heavy atom. The molecule has 3 nitrogen and oxygen atoms in total. The fourth-order valence-electron chi connectivity index (χ4n) is 3.28. The van der Waals surface area contributed by atoms with Gasteiger partial charge in [-0.05, 0) is 31.1 Å². The first-order valence-electron chi connectivity index (χ1n) is 7.23. The first kappa shape index (κ1) is 16.6. The number of amides is 1. The third-order valence-corrected chi connectivity index (χ3v) is 5.00.